The van der Waals surface area contributed by atoms with Gasteiger partial charge in [-0.15, -0.1) is 0 Å². The number of benzene rings is 3. The molecule has 0 aliphatic carbocycles. The number of primary amides is 1. The van der Waals surface area contributed by atoms with E-state index in [0.29, 0.717) is 31.5 Å². The fourth-order valence-electron chi connectivity index (χ4n) is 4.77. The van der Waals surface area contributed by atoms with Crippen molar-refractivity contribution in [3.8, 4) is 0 Å². The van der Waals surface area contributed by atoms with Crippen LogP contribution in [0.3, 0.4) is 0 Å². The highest BCUT2D eigenvalue weighted by Gasteiger charge is 2.36. The predicted octanol–water partition coefficient (Wildman–Crippen LogP) is 4.45. The highest BCUT2D eigenvalue weighted by molar-refractivity contribution is 5.93. The minimum absolute atomic E-state index is 0.283. The molecule has 0 aromatic heterocycles. The SMILES string of the molecule is CC(C)C[C@H](CCNOCCc1ccccc1)CN[C@](C)(C(=O)NC(C)C(N)=O)c1ccc2ccccc2c1. The maximum absolute atomic E-state index is 13.6. The summed E-state index contributed by atoms with van der Waals surface area (Å²) in [6.07, 6.45) is 2.75. The van der Waals surface area contributed by atoms with Crippen molar-refractivity contribution < 1.29 is 14.4 Å². The Morgan fingerprint density at radius 1 is 0.949 bits per heavy atom. The second-order valence-corrected chi connectivity index (χ2v) is 10.9. The fraction of sp³-hybridized carbons (Fsp3) is 0.438. The molecule has 1 unspecified atom stereocenters. The van der Waals surface area contributed by atoms with Crippen LogP contribution in [0.1, 0.15) is 51.7 Å². The molecule has 0 aliphatic heterocycles. The molecule has 0 bridgehead atoms. The molecule has 0 saturated heterocycles. The summed E-state index contributed by atoms with van der Waals surface area (Å²) in [5.41, 5.74) is 9.59. The number of rotatable bonds is 16. The molecule has 7 nitrogen and oxygen atoms in total. The average molecular weight is 533 g/mol. The molecular weight excluding hydrogens is 488 g/mol. The lowest BCUT2D eigenvalue weighted by atomic mass is 9.87. The maximum Gasteiger partial charge on any atom is 0.245 e. The molecule has 3 aromatic rings. The van der Waals surface area contributed by atoms with Gasteiger partial charge in [-0.1, -0.05) is 80.6 Å². The average Bonchev–Trinajstić information content (AvgIpc) is 2.93. The lowest BCUT2D eigenvalue weighted by Crippen LogP contribution is -2.57. The van der Waals surface area contributed by atoms with E-state index in [2.05, 4.69) is 42.1 Å². The second kappa shape index (κ2) is 14.8. The van der Waals surface area contributed by atoms with Gasteiger partial charge in [0.05, 0.1) is 6.61 Å². The number of hydrogen-bond donors (Lipinski definition) is 4. The normalized spacial score (nSPS) is 14.6. The number of nitrogens with one attached hydrogen (secondary N) is 3. The smallest absolute Gasteiger partial charge is 0.245 e. The van der Waals surface area contributed by atoms with Gasteiger partial charge < -0.3 is 15.9 Å². The summed E-state index contributed by atoms with van der Waals surface area (Å²) in [7, 11) is 0. The number of hydrogen-bond acceptors (Lipinski definition) is 5. The van der Waals surface area contributed by atoms with Gasteiger partial charge in [-0.3, -0.25) is 14.9 Å². The van der Waals surface area contributed by atoms with Gasteiger partial charge in [0, 0.05) is 6.54 Å². The number of nitrogens with two attached hydrogens (primary N) is 1. The van der Waals surface area contributed by atoms with Crippen molar-refractivity contribution in [3.05, 3.63) is 83.9 Å². The van der Waals surface area contributed by atoms with E-state index >= 15 is 0 Å². The summed E-state index contributed by atoms with van der Waals surface area (Å²) < 4.78 is 0. The highest BCUT2D eigenvalue weighted by atomic mass is 16.6. The first-order chi connectivity index (χ1) is 18.7. The predicted molar refractivity (Wildman–Crippen MR) is 158 cm³/mol. The van der Waals surface area contributed by atoms with E-state index in [0.717, 1.165) is 35.6 Å². The third-order valence-electron chi connectivity index (χ3n) is 7.20. The van der Waals surface area contributed by atoms with Crippen LogP contribution in [0.15, 0.2) is 72.8 Å². The molecule has 0 fully saturated rings. The summed E-state index contributed by atoms with van der Waals surface area (Å²) >= 11 is 0. The van der Waals surface area contributed by atoms with Crippen LogP contribution in [0.4, 0.5) is 0 Å². The van der Waals surface area contributed by atoms with Gasteiger partial charge in [-0.2, -0.15) is 0 Å². The Morgan fingerprint density at radius 2 is 1.64 bits per heavy atom. The number of hydroxylamine groups is 1. The van der Waals surface area contributed by atoms with Crippen LogP contribution >= 0.6 is 0 Å². The molecule has 0 saturated carbocycles. The maximum atomic E-state index is 13.6. The monoisotopic (exact) mass is 532 g/mol. The molecule has 3 atom stereocenters. The second-order valence-electron chi connectivity index (χ2n) is 10.9. The van der Waals surface area contributed by atoms with Crippen LogP contribution in [0, 0.1) is 11.8 Å². The van der Waals surface area contributed by atoms with Crippen LogP contribution < -0.4 is 21.8 Å². The third kappa shape index (κ3) is 9.17. The van der Waals surface area contributed by atoms with E-state index in [-0.39, 0.29) is 5.91 Å². The van der Waals surface area contributed by atoms with Crippen molar-refractivity contribution >= 4 is 22.6 Å². The molecule has 5 N–H and O–H groups in total. The van der Waals surface area contributed by atoms with Crippen LogP contribution in [0.5, 0.6) is 0 Å². The van der Waals surface area contributed by atoms with Crippen molar-refractivity contribution in [3.63, 3.8) is 0 Å². The first-order valence-corrected chi connectivity index (χ1v) is 13.9. The zero-order valence-corrected chi connectivity index (χ0v) is 23.7. The van der Waals surface area contributed by atoms with Gasteiger partial charge in [-0.25, -0.2) is 5.48 Å². The molecule has 3 rings (SSSR count). The van der Waals surface area contributed by atoms with E-state index in [4.69, 9.17) is 10.6 Å². The Hall–Kier alpha value is -3.26. The molecule has 3 aromatic carbocycles. The highest BCUT2D eigenvalue weighted by Crippen LogP contribution is 2.27. The largest absolute Gasteiger partial charge is 0.368 e. The first-order valence-electron chi connectivity index (χ1n) is 13.9. The summed E-state index contributed by atoms with van der Waals surface area (Å²) in [6.45, 7) is 9.84. The third-order valence-corrected chi connectivity index (χ3v) is 7.20. The van der Waals surface area contributed by atoms with Crippen LogP contribution in [-0.4, -0.2) is 37.6 Å². The van der Waals surface area contributed by atoms with Crippen molar-refractivity contribution in [2.75, 3.05) is 19.7 Å². The van der Waals surface area contributed by atoms with E-state index in [1.807, 2.05) is 67.6 Å². The zero-order chi connectivity index (χ0) is 28.3. The quantitative estimate of drug-likeness (QED) is 0.161. The molecule has 2 amide bonds. The Balaban J connectivity index is 1.67. The molecule has 7 heteroatoms. The lowest BCUT2D eigenvalue weighted by Gasteiger charge is -2.33. The molecule has 210 valence electrons. The summed E-state index contributed by atoms with van der Waals surface area (Å²) in [5.74, 6) is -0.0298. The minimum Gasteiger partial charge on any atom is -0.368 e. The lowest BCUT2D eigenvalue weighted by molar-refractivity contribution is -0.131. The van der Waals surface area contributed by atoms with Gasteiger partial charge in [0.2, 0.25) is 11.8 Å². The summed E-state index contributed by atoms with van der Waals surface area (Å²) in [5, 5.41) is 8.52. The van der Waals surface area contributed by atoms with Gasteiger partial charge in [0.1, 0.15) is 11.6 Å². The van der Waals surface area contributed by atoms with Gasteiger partial charge in [0.25, 0.3) is 0 Å². The van der Waals surface area contributed by atoms with Crippen molar-refractivity contribution in [1.29, 1.82) is 0 Å². The topological polar surface area (TPSA) is 105 Å². The molecule has 0 heterocycles. The number of amides is 2. The van der Waals surface area contributed by atoms with E-state index in [9.17, 15) is 9.59 Å². The fourth-order valence-corrected chi connectivity index (χ4v) is 4.77. The first kappa shape index (κ1) is 30.3. The van der Waals surface area contributed by atoms with Gasteiger partial charge in [-0.05, 0) is 79.5 Å². The molecule has 0 aliphatic rings. The summed E-state index contributed by atoms with van der Waals surface area (Å²) in [6, 6.07) is 23.6. The Morgan fingerprint density at radius 3 is 2.33 bits per heavy atom. The van der Waals surface area contributed by atoms with Crippen molar-refractivity contribution in [2.45, 2.75) is 58.5 Å². The van der Waals surface area contributed by atoms with Crippen LogP contribution in [0.2, 0.25) is 0 Å². The Kier molecular flexibility index (Phi) is 11.5. The van der Waals surface area contributed by atoms with E-state index in [1.54, 1.807) is 6.92 Å². The van der Waals surface area contributed by atoms with Gasteiger partial charge in [0.15, 0.2) is 0 Å². The standard InChI is InChI=1S/C32H44N4O3/c1-23(2)20-26(16-18-35-39-19-17-25-10-6-5-7-11-25)22-34-32(4,31(38)36-24(3)30(33)37)29-15-14-27-12-8-9-13-28(27)21-29/h5-15,21,23-24,26,34-35H,16-20,22H2,1-4H3,(H2,33,37)(H,36,38)/t24?,26-,32-/m0/s1. The molecular formula is C32H44N4O3. The van der Waals surface area contributed by atoms with Crippen LogP contribution in [0.25, 0.3) is 10.8 Å². The molecule has 0 spiro atoms. The Labute approximate surface area is 232 Å². The van der Waals surface area contributed by atoms with Crippen molar-refractivity contribution in [1.82, 2.24) is 16.1 Å². The van der Waals surface area contributed by atoms with Gasteiger partial charge >= 0.3 is 0 Å². The number of fused-ring (bicyclic) bond motifs is 1. The van der Waals surface area contributed by atoms with Crippen molar-refractivity contribution in [2.24, 2.45) is 17.6 Å². The Bertz CT molecular complexity index is 1200. The molecule has 39 heavy (non-hydrogen) atoms. The van der Waals surface area contributed by atoms with E-state index < -0.39 is 17.5 Å². The number of carbonyl (C=O) groups excluding carboxylic acids is 2. The minimum atomic E-state index is -1.05. The van der Waals surface area contributed by atoms with E-state index in [1.165, 1.54) is 5.56 Å². The zero-order valence-electron chi connectivity index (χ0n) is 23.7. The number of carbonyl (C=O) groups is 2. The summed E-state index contributed by atoms with van der Waals surface area (Å²) in [4.78, 5) is 31.0. The molecule has 0 radical (unpaired) electrons. The van der Waals surface area contributed by atoms with Crippen LogP contribution in [-0.2, 0) is 26.4 Å².